The number of hydrogen-bond acceptors (Lipinski definition) is 2. The molecule has 2 rings (SSSR count). The summed E-state index contributed by atoms with van der Waals surface area (Å²) in [6, 6.07) is 8.36. The van der Waals surface area contributed by atoms with Gasteiger partial charge in [0.15, 0.2) is 0 Å². The Bertz CT molecular complexity index is 282. The van der Waals surface area contributed by atoms with Crippen molar-refractivity contribution in [3.63, 3.8) is 0 Å². The van der Waals surface area contributed by atoms with Gasteiger partial charge in [0, 0.05) is 0 Å². The number of nitrogens with one attached hydrogen (secondary N) is 1. The first-order valence-corrected chi connectivity index (χ1v) is 2.63. The molecule has 0 bridgehead atoms. The Hall–Kier alpha value is -1.38. The fraction of sp³-hybridized carbons (Fsp3) is 0. The summed E-state index contributed by atoms with van der Waals surface area (Å²) >= 11 is 0. The molecule has 1 aromatic carbocycles. The summed E-state index contributed by atoms with van der Waals surface area (Å²) in [6.07, 6.45) is 0. The molecule has 0 fully saturated rings. The Kier molecular flexibility index (Phi) is 0.773. The van der Waals surface area contributed by atoms with Crippen molar-refractivity contribution in [3.8, 4) is 0 Å². The third kappa shape index (κ3) is 0.579. The van der Waals surface area contributed by atoms with Crippen LogP contribution in [0.4, 0.5) is 0 Å². The van der Waals surface area contributed by atoms with Gasteiger partial charge in [0.1, 0.15) is 11.0 Å². The molecule has 0 unspecified atom stereocenters. The second kappa shape index (κ2) is 1.55. The van der Waals surface area contributed by atoms with Gasteiger partial charge in [-0.05, 0) is 18.2 Å². The zero-order valence-corrected chi connectivity index (χ0v) is 4.63. The van der Waals surface area contributed by atoms with Gasteiger partial charge in [0.25, 0.3) is 0 Å². The predicted molar refractivity (Wildman–Crippen MR) is 32.7 cm³/mol. The molecule has 0 amide bonds. The van der Waals surface area contributed by atoms with Crippen LogP contribution < -0.4 is 0 Å². The highest BCUT2D eigenvalue weighted by atomic mass is 15.3. The van der Waals surface area contributed by atoms with E-state index in [1.54, 1.807) is 6.07 Å². The van der Waals surface area contributed by atoms with Gasteiger partial charge >= 0.3 is 0 Å². The molecule has 0 aliphatic rings. The Labute approximate surface area is 51.7 Å². The summed E-state index contributed by atoms with van der Waals surface area (Å²) in [6.45, 7) is 0. The van der Waals surface area contributed by atoms with Crippen LogP contribution in [0.1, 0.15) is 0 Å². The van der Waals surface area contributed by atoms with Gasteiger partial charge in [0.05, 0.1) is 0 Å². The molecule has 1 N–H and O–H groups in total. The minimum absolute atomic E-state index is 0.859. The average Bonchev–Trinajstić information content (AvgIpc) is 2.33. The quantitative estimate of drug-likeness (QED) is 0.554. The normalized spacial score (nSPS) is 10.2. The number of rotatable bonds is 0. The lowest BCUT2D eigenvalue weighted by atomic mass is 10.3. The zero-order valence-electron chi connectivity index (χ0n) is 4.63. The minimum Gasteiger partial charge on any atom is -0.197 e. The van der Waals surface area contributed by atoms with Crippen LogP contribution in [0.25, 0.3) is 11.0 Å². The van der Waals surface area contributed by atoms with Crippen LogP contribution in [-0.4, -0.2) is 15.4 Å². The van der Waals surface area contributed by atoms with E-state index < -0.39 is 0 Å². The van der Waals surface area contributed by atoms with Gasteiger partial charge < -0.3 is 0 Å². The van der Waals surface area contributed by atoms with Crippen LogP contribution in [-0.2, 0) is 0 Å². The summed E-state index contributed by atoms with van der Waals surface area (Å²) in [7, 11) is 0. The van der Waals surface area contributed by atoms with Gasteiger partial charge in [-0.15, -0.1) is 0 Å². The SMILES string of the molecule is [c]1ccc2n[nH]nc2c1. The number of aromatic amines is 1. The predicted octanol–water partition coefficient (Wildman–Crippen LogP) is 0.758. The maximum Gasteiger partial charge on any atom is 0.113 e. The number of H-pyrrole nitrogens is 1. The van der Waals surface area contributed by atoms with E-state index in [0.717, 1.165) is 11.0 Å². The smallest absolute Gasteiger partial charge is 0.113 e. The molecule has 9 heavy (non-hydrogen) atoms. The van der Waals surface area contributed by atoms with Crippen LogP contribution in [0, 0.1) is 6.07 Å². The highest BCUT2D eigenvalue weighted by molar-refractivity contribution is 5.72. The first kappa shape index (κ1) is 4.49. The molecule has 1 aromatic heterocycles. The second-order valence-electron chi connectivity index (χ2n) is 1.74. The van der Waals surface area contributed by atoms with Crippen LogP contribution >= 0.6 is 0 Å². The standard InChI is InChI=1S/C6H4N3/c1-2-4-6-5(3-1)7-9-8-6/h1,3-4H,(H,7,8,9). The number of aromatic nitrogens is 3. The topological polar surface area (TPSA) is 41.6 Å². The molecule has 0 saturated carbocycles. The number of fused-ring (bicyclic) bond motifs is 1. The van der Waals surface area contributed by atoms with E-state index in [0.29, 0.717) is 0 Å². The third-order valence-electron chi connectivity index (χ3n) is 1.16. The summed E-state index contributed by atoms with van der Waals surface area (Å²) in [4.78, 5) is 0. The van der Waals surface area contributed by atoms with Gasteiger partial charge in [-0.3, -0.25) is 0 Å². The number of benzene rings is 1. The zero-order chi connectivity index (χ0) is 6.10. The third-order valence-corrected chi connectivity index (χ3v) is 1.16. The molecule has 0 saturated heterocycles. The number of hydrogen-bond donors (Lipinski definition) is 1. The first-order chi connectivity index (χ1) is 4.47. The van der Waals surface area contributed by atoms with E-state index >= 15 is 0 Å². The fourth-order valence-electron chi connectivity index (χ4n) is 0.730. The van der Waals surface area contributed by atoms with E-state index in [9.17, 15) is 0 Å². The number of nitrogens with zero attached hydrogens (tertiary/aromatic N) is 2. The molecule has 1 heterocycles. The Morgan fingerprint density at radius 3 is 3.11 bits per heavy atom. The average molecular weight is 118 g/mol. The lowest BCUT2D eigenvalue weighted by Crippen LogP contribution is -1.64. The molecule has 0 spiro atoms. The maximum atomic E-state index is 3.86. The minimum atomic E-state index is 0.859. The lowest BCUT2D eigenvalue weighted by Gasteiger charge is -1.77. The van der Waals surface area contributed by atoms with Crippen molar-refractivity contribution in [1.82, 2.24) is 15.4 Å². The molecular formula is C6H4N3. The monoisotopic (exact) mass is 118 g/mol. The van der Waals surface area contributed by atoms with Crippen molar-refractivity contribution < 1.29 is 0 Å². The molecule has 3 heteroatoms. The van der Waals surface area contributed by atoms with E-state index in [1.165, 1.54) is 0 Å². The summed E-state index contributed by atoms with van der Waals surface area (Å²) in [5.74, 6) is 0. The summed E-state index contributed by atoms with van der Waals surface area (Å²) in [5, 5.41) is 10.2. The molecule has 0 aliphatic carbocycles. The molecular weight excluding hydrogens is 114 g/mol. The second-order valence-corrected chi connectivity index (χ2v) is 1.74. The van der Waals surface area contributed by atoms with Crippen molar-refractivity contribution >= 4 is 11.0 Å². The largest absolute Gasteiger partial charge is 0.197 e. The van der Waals surface area contributed by atoms with Crippen LogP contribution in [0.2, 0.25) is 0 Å². The van der Waals surface area contributed by atoms with Gasteiger partial charge in [-0.25, -0.2) is 0 Å². The van der Waals surface area contributed by atoms with E-state index in [4.69, 9.17) is 0 Å². The summed E-state index contributed by atoms with van der Waals surface area (Å²) < 4.78 is 0. The molecule has 2 aromatic rings. The van der Waals surface area contributed by atoms with Gasteiger partial charge in [-0.2, -0.15) is 15.4 Å². The molecule has 43 valence electrons. The van der Waals surface area contributed by atoms with Crippen LogP contribution in [0.15, 0.2) is 18.2 Å². The Morgan fingerprint density at radius 1 is 1.33 bits per heavy atom. The Morgan fingerprint density at radius 2 is 2.22 bits per heavy atom. The highest BCUT2D eigenvalue weighted by Crippen LogP contribution is 2.03. The summed E-state index contributed by atoms with van der Waals surface area (Å²) in [5.41, 5.74) is 1.74. The van der Waals surface area contributed by atoms with Crippen LogP contribution in [0.5, 0.6) is 0 Å². The van der Waals surface area contributed by atoms with Crippen molar-refractivity contribution in [2.45, 2.75) is 0 Å². The van der Waals surface area contributed by atoms with Crippen molar-refractivity contribution in [2.75, 3.05) is 0 Å². The highest BCUT2D eigenvalue weighted by Gasteiger charge is 1.90. The molecule has 0 atom stereocenters. The molecule has 3 nitrogen and oxygen atoms in total. The molecule has 1 radical (unpaired) electrons. The van der Waals surface area contributed by atoms with Crippen molar-refractivity contribution in [2.24, 2.45) is 0 Å². The van der Waals surface area contributed by atoms with E-state index in [2.05, 4.69) is 21.5 Å². The molecule has 0 aliphatic heterocycles. The van der Waals surface area contributed by atoms with Gasteiger partial charge in [0.2, 0.25) is 0 Å². The maximum absolute atomic E-state index is 3.86. The lowest BCUT2D eigenvalue weighted by molar-refractivity contribution is 0.959. The van der Waals surface area contributed by atoms with Crippen molar-refractivity contribution in [3.05, 3.63) is 24.3 Å². The van der Waals surface area contributed by atoms with Gasteiger partial charge in [-0.1, -0.05) is 6.07 Å². The van der Waals surface area contributed by atoms with E-state index in [1.807, 2.05) is 12.1 Å². The van der Waals surface area contributed by atoms with Crippen LogP contribution in [0.3, 0.4) is 0 Å². The Balaban J connectivity index is 2.95. The first-order valence-electron chi connectivity index (χ1n) is 2.63. The van der Waals surface area contributed by atoms with Crippen molar-refractivity contribution in [1.29, 1.82) is 0 Å². The van der Waals surface area contributed by atoms with E-state index in [-0.39, 0.29) is 0 Å². The fourth-order valence-corrected chi connectivity index (χ4v) is 0.730.